The summed E-state index contributed by atoms with van der Waals surface area (Å²) in [5, 5.41) is 0. The molecule has 0 aromatic rings. The molecule has 0 radical (unpaired) electrons. The van der Waals surface area contributed by atoms with Crippen LogP contribution in [0, 0.1) is 0 Å². The summed E-state index contributed by atoms with van der Waals surface area (Å²) in [6, 6.07) is 0. The molecule has 0 N–H and O–H groups in total. The van der Waals surface area contributed by atoms with Crippen LogP contribution in [0.25, 0.3) is 0 Å². The van der Waals surface area contributed by atoms with E-state index in [2.05, 4.69) is 0 Å². The van der Waals surface area contributed by atoms with Crippen molar-refractivity contribution < 1.29 is 86.0 Å². The van der Waals surface area contributed by atoms with E-state index in [0.717, 1.165) is 0 Å². The summed E-state index contributed by atoms with van der Waals surface area (Å²) in [6.07, 6.45) is 0. The Morgan fingerprint density at radius 3 is 1.17 bits per heavy atom. The quantitative estimate of drug-likeness (QED) is 0.319. The Labute approximate surface area is 84.6 Å². The first-order valence-electron chi connectivity index (χ1n) is 0.500. The summed E-state index contributed by atoms with van der Waals surface area (Å²) in [5.74, 6) is 0. The zero-order chi connectivity index (χ0) is 3.58. The minimum absolute atomic E-state index is 0. The molecule has 0 aliphatic heterocycles. The fourth-order valence-electron chi connectivity index (χ4n) is 0. The van der Waals surface area contributed by atoms with Gasteiger partial charge in [0.2, 0.25) is 0 Å². The molecular formula is CrNa2O3. The van der Waals surface area contributed by atoms with Crippen molar-refractivity contribution in [3.05, 3.63) is 0 Å². The molecule has 0 rings (SSSR count). The van der Waals surface area contributed by atoms with Crippen LogP contribution in [0.3, 0.4) is 0 Å². The van der Waals surface area contributed by atoms with E-state index in [1.54, 1.807) is 0 Å². The van der Waals surface area contributed by atoms with Crippen molar-refractivity contribution in [1.82, 2.24) is 0 Å². The number of hydrogen-bond acceptors (Lipinski definition) is 3. The van der Waals surface area contributed by atoms with Crippen LogP contribution < -0.4 is 67.4 Å². The van der Waals surface area contributed by atoms with Gasteiger partial charge >= 0.3 is 86.0 Å². The van der Waals surface area contributed by atoms with Crippen LogP contribution in [0.1, 0.15) is 0 Å². The van der Waals surface area contributed by atoms with E-state index in [1.165, 1.54) is 0 Å². The third-order valence-corrected chi connectivity index (χ3v) is 0. The van der Waals surface area contributed by atoms with E-state index in [9.17, 15) is 0 Å². The molecule has 26 valence electrons. The predicted octanol–water partition coefficient (Wildman–Crippen LogP) is -8.49. The first-order valence-corrected chi connectivity index (χ1v) is 2.06. The van der Waals surface area contributed by atoms with Crippen molar-refractivity contribution in [1.29, 1.82) is 0 Å². The zero-order valence-corrected chi connectivity index (χ0v) is 8.91. The maximum atomic E-state index is 8.54. The molecule has 6 heteroatoms. The van der Waals surface area contributed by atoms with Gasteiger partial charge in [-0.1, -0.05) is 0 Å². The van der Waals surface area contributed by atoms with Gasteiger partial charge < -0.3 is 0 Å². The van der Waals surface area contributed by atoms with E-state index in [4.69, 9.17) is 12.1 Å². The number of rotatable bonds is 0. The Morgan fingerprint density at radius 1 is 1.17 bits per heavy atom. The summed E-state index contributed by atoms with van der Waals surface area (Å²) in [5.41, 5.74) is 0. The molecule has 0 saturated heterocycles. The van der Waals surface area contributed by atoms with Crippen molar-refractivity contribution in [2.45, 2.75) is 0 Å². The van der Waals surface area contributed by atoms with Gasteiger partial charge in [0.05, 0.1) is 0 Å². The Morgan fingerprint density at radius 2 is 1.17 bits per heavy atom. The van der Waals surface area contributed by atoms with Crippen LogP contribution in [-0.4, -0.2) is 0 Å². The van der Waals surface area contributed by atoms with E-state index in [1.807, 2.05) is 0 Å². The van der Waals surface area contributed by atoms with E-state index in [0.29, 0.717) is 0 Å². The predicted molar refractivity (Wildman–Crippen MR) is 0.686 cm³/mol. The molecule has 3 nitrogen and oxygen atoms in total. The third kappa shape index (κ3) is 34.0. The van der Waals surface area contributed by atoms with E-state index >= 15 is 0 Å². The summed E-state index contributed by atoms with van der Waals surface area (Å²) in [4.78, 5) is 0. The van der Waals surface area contributed by atoms with E-state index in [-0.39, 0.29) is 59.1 Å². The molecule has 0 aliphatic carbocycles. The van der Waals surface area contributed by atoms with Crippen molar-refractivity contribution in [3.63, 3.8) is 0 Å². The van der Waals surface area contributed by atoms with Gasteiger partial charge in [-0.05, 0) is 0 Å². The topological polar surface area (TPSA) is 63.2 Å². The summed E-state index contributed by atoms with van der Waals surface area (Å²) >= 11 is -3.79. The summed E-state index contributed by atoms with van der Waals surface area (Å²) in [6.45, 7) is 0. The molecule has 0 unspecified atom stereocenters. The van der Waals surface area contributed by atoms with Crippen molar-refractivity contribution in [2.24, 2.45) is 0 Å². The first-order chi connectivity index (χ1) is 1.73. The average molecular weight is 146 g/mol. The second-order valence-corrected chi connectivity index (χ2v) is 0.842. The van der Waals surface area contributed by atoms with Crippen LogP contribution >= 0.6 is 0 Å². The molecule has 0 heterocycles. The third-order valence-electron chi connectivity index (χ3n) is 0. The first kappa shape index (κ1) is 15.7. The molecule has 0 fully saturated rings. The minimum atomic E-state index is -3.79. The van der Waals surface area contributed by atoms with Crippen LogP contribution in [-0.2, 0) is 18.6 Å². The SMILES string of the molecule is [Na+].[Na+].[O]=[Cr]([O-])[O-]. The van der Waals surface area contributed by atoms with Crippen LogP contribution in [0.15, 0.2) is 0 Å². The Hall–Kier alpha value is 2.25. The van der Waals surface area contributed by atoms with Crippen LogP contribution in [0.5, 0.6) is 0 Å². The van der Waals surface area contributed by atoms with Gasteiger partial charge in [0.1, 0.15) is 0 Å². The molecule has 0 aromatic heterocycles. The molecule has 0 amide bonds. The zero-order valence-electron chi connectivity index (χ0n) is 3.63. The molecule has 0 aliphatic rings. The molecule has 0 spiro atoms. The second kappa shape index (κ2) is 10.3. The molecule has 0 aromatic carbocycles. The van der Waals surface area contributed by atoms with Crippen LogP contribution in [0.4, 0.5) is 0 Å². The summed E-state index contributed by atoms with van der Waals surface area (Å²) < 4.78 is 25.6. The Balaban J connectivity index is -0.0000000450. The van der Waals surface area contributed by atoms with Gasteiger partial charge in [0.25, 0.3) is 0 Å². The Kier molecular flexibility index (Phi) is 26.9. The van der Waals surface area contributed by atoms with Gasteiger partial charge in [-0.15, -0.1) is 0 Å². The van der Waals surface area contributed by atoms with Gasteiger partial charge in [0, 0.05) is 0 Å². The average Bonchev–Trinajstić information content (AvgIpc) is 0.811. The van der Waals surface area contributed by atoms with Crippen molar-refractivity contribution >= 4 is 0 Å². The Bertz CT molecular complexity index is 31.8. The monoisotopic (exact) mass is 146 g/mol. The maximum absolute atomic E-state index is 8.54. The van der Waals surface area contributed by atoms with Crippen molar-refractivity contribution in [3.8, 4) is 0 Å². The number of hydrogen-bond donors (Lipinski definition) is 0. The molecule has 0 atom stereocenters. The standard InChI is InChI=1S/Cr.2Na.3O/q;2*+1;;2*-1. The van der Waals surface area contributed by atoms with E-state index < -0.39 is 14.8 Å². The fourth-order valence-corrected chi connectivity index (χ4v) is 0. The molecule has 0 saturated carbocycles. The fraction of sp³-hybridized carbons (Fsp3) is 0. The second-order valence-electron chi connectivity index (χ2n) is 0.204. The normalized spacial score (nSPS) is 5.83. The van der Waals surface area contributed by atoms with Gasteiger partial charge in [-0.25, -0.2) is 0 Å². The molecule has 6 heavy (non-hydrogen) atoms. The molecular weight excluding hydrogens is 146 g/mol. The van der Waals surface area contributed by atoms with Gasteiger partial charge in [0.15, 0.2) is 0 Å². The molecule has 0 bridgehead atoms. The van der Waals surface area contributed by atoms with Gasteiger partial charge in [-0.3, -0.25) is 0 Å². The van der Waals surface area contributed by atoms with Gasteiger partial charge in [-0.2, -0.15) is 0 Å². The van der Waals surface area contributed by atoms with Crippen LogP contribution in [0.2, 0.25) is 0 Å². The van der Waals surface area contributed by atoms with Crippen molar-refractivity contribution in [2.75, 3.05) is 0 Å². The summed E-state index contributed by atoms with van der Waals surface area (Å²) in [7, 11) is 0.